The van der Waals surface area contributed by atoms with E-state index in [9.17, 15) is 4.79 Å². The van der Waals surface area contributed by atoms with Gasteiger partial charge in [0.15, 0.2) is 0 Å². The normalized spacial score (nSPS) is 10.2. The Kier molecular flexibility index (Phi) is 3.39. The Balaban J connectivity index is 2.33. The minimum atomic E-state index is -0.847. The molecule has 0 aliphatic rings. The third kappa shape index (κ3) is 2.62. The van der Waals surface area contributed by atoms with Gasteiger partial charge in [-0.15, -0.1) is 11.3 Å². The second kappa shape index (κ2) is 4.97. The molecule has 0 fully saturated rings. The number of aromatic nitrogens is 1. The summed E-state index contributed by atoms with van der Waals surface area (Å²) in [6.07, 6.45) is 1.60. The number of para-hydroxylation sites is 1. The monoisotopic (exact) mass is 249 g/mol. The van der Waals surface area contributed by atoms with Crippen molar-refractivity contribution in [2.45, 2.75) is 6.42 Å². The minimum absolute atomic E-state index is 0.00676. The van der Waals surface area contributed by atoms with E-state index < -0.39 is 5.97 Å². The number of aliphatic carboxylic acids is 1. The van der Waals surface area contributed by atoms with E-state index in [0.29, 0.717) is 0 Å². The quantitative estimate of drug-likeness (QED) is 0.904. The standard InChI is InChI=1S/C12H11NO3S/c1-16-10-5-3-2-4-9(10)12-13-7-8(17-12)6-11(14)15/h2-5,7H,6H2,1H3,(H,14,15). The smallest absolute Gasteiger partial charge is 0.308 e. The van der Waals surface area contributed by atoms with Crippen LogP contribution >= 0.6 is 11.3 Å². The summed E-state index contributed by atoms with van der Waals surface area (Å²) in [6.45, 7) is 0. The van der Waals surface area contributed by atoms with Crippen molar-refractivity contribution in [2.24, 2.45) is 0 Å². The van der Waals surface area contributed by atoms with Crippen molar-refractivity contribution >= 4 is 17.3 Å². The Bertz CT molecular complexity index is 536. The van der Waals surface area contributed by atoms with Gasteiger partial charge in [0.2, 0.25) is 0 Å². The molecule has 17 heavy (non-hydrogen) atoms. The van der Waals surface area contributed by atoms with E-state index in [4.69, 9.17) is 9.84 Å². The lowest BCUT2D eigenvalue weighted by Crippen LogP contribution is -1.97. The van der Waals surface area contributed by atoms with Gasteiger partial charge in [-0.1, -0.05) is 12.1 Å². The van der Waals surface area contributed by atoms with Crippen molar-refractivity contribution in [3.05, 3.63) is 35.3 Å². The molecule has 1 heterocycles. The van der Waals surface area contributed by atoms with Crippen LogP contribution in [0.1, 0.15) is 4.88 Å². The number of ether oxygens (including phenoxy) is 1. The molecule has 0 bridgehead atoms. The third-order valence-electron chi connectivity index (χ3n) is 2.22. The van der Waals surface area contributed by atoms with Crippen LogP contribution in [-0.4, -0.2) is 23.2 Å². The van der Waals surface area contributed by atoms with Crippen LogP contribution in [-0.2, 0) is 11.2 Å². The van der Waals surface area contributed by atoms with E-state index in [1.807, 2.05) is 24.3 Å². The van der Waals surface area contributed by atoms with Gasteiger partial charge in [0.1, 0.15) is 10.8 Å². The molecule has 2 aromatic rings. The number of carboxylic acid groups (broad SMARTS) is 1. The Morgan fingerprint density at radius 1 is 1.47 bits per heavy atom. The van der Waals surface area contributed by atoms with Gasteiger partial charge in [0.25, 0.3) is 0 Å². The molecule has 0 unspecified atom stereocenters. The first-order chi connectivity index (χ1) is 8.20. The molecular weight excluding hydrogens is 238 g/mol. The molecular formula is C12H11NO3S. The van der Waals surface area contributed by atoms with E-state index in [0.717, 1.165) is 21.2 Å². The van der Waals surface area contributed by atoms with E-state index in [1.54, 1.807) is 13.3 Å². The van der Waals surface area contributed by atoms with E-state index in [2.05, 4.69) is 4.98 Å². The van der Waals surface area contributed by atoms with Crippen LogP contribution in [0.4, 0.5) is 0 Å². The minimum Gasteiger partial charge on any atom is -0.496 e. The Hall–Kier alpha value is -1.88. The van der Waals surface area contributed by atoms with Crippen molar-refractivity contribution in [3.63, 3.8) is 0 Å². The van der Waals surface area contributed by atoms with Crippen LogP contribution in [0.25, 0.3) is 10.6 Å². The average Bonchev–Trinajstić information content (AvgIpc) is 2.76. The summed E-state index contributed by atoms with van der Waals surface area (Å²) < 4.78 is 5.24. The number of thiazole rings is 1. The van der Waals surface area contributed by atoms with Gasteiger partial charge in [0, 0.05) is 11.1 Å². The molecule has 88 valence electrons. The highest BCUT2D eigenvalue weighted by Gasteiger charge is 2.11. The van der Waals surface area contributed by atoms with Crippen molar-refractivity contribution in [2.75, 3.05) is 7.11 Å². The molecule has 0 saturated heterocycles. The lowest BCUT2D eigenvalue weighted by Gasteiger charge is -2.04. The molecule has 0 saturated carbocycles. The topological polar surface area (TPSA) is 59.4 Å². The van der Waals surface area contributed by atoms with Crippen molar-refractivity contribution in [3.8, 4) is 16.3 Å². The molecule has 5 heteroatoms. The number of carbonyl (C=O) groups is 1. The third-order valence-corrected chi connectivity index (χ3v) is 3.25. The van der Waals surface area contributed by atoms with Crippen LogP contribution in [0.2, 0.25) is 0 Å². The molecule has 1 aromatic heterocycles. The molecule has 2 rings (SSSR count). The number of nitrogens with zero attached hydrogens (tertiary/aromatic N) is 1. The summed E-state index contributed by atoms with van der Waals surface area (Å²) in [4.78, 5) is 15.5. The predicted molar refractivity (Wildman–Crippen MR) is 65.4 cm³/mol. The lowest BCUT2D eigenvalue weighted by molar-refractivity contribution is -0.136. The SMILES string of the molecule is COc1ccccc1-c1ncc(CC(=O)O)s1. The fraction of sp³-hybridized carbons (Fsp3) is 0.167. The average molecular weight is 249 g/mol. The summed E-state index contributed by atoms with van der Waals surface area (Å²) in [5.41, 5.74) is 0.886. The molecule has 0 amide bonds. The highest BCUT2D eigenvalue weighted by molar-refractivity contribution is 7.15. The molecule has 0 atom stereocenters. The second-order valence-corrected chi connectivity index (χ2v) is 4.52. The van der Waals surface area contributed by atoms with Gasteiger partial charge in [-0.05, 0) is 12.1 Å². The van der Waals surface area contributed by atoms with Crippen molar-refractivity contribution in [1.29, 1.82) is 0 Å². The van der Waals surface area contributed by atoms with Crippen LogP contribution in [0.5, 0.6) is 5.75 Å². The van der Waals surface area contributed by atoms with Crippen molar-refractivity contribution < 1.29 is 14.6 Å². The first kappa shape index (κ1) is 11.6. The van der Waals surface area contributed by atoms with E-state index >= 15 is 0 Å². The summed E-state index contributed by atoms with van der Waals surface area (Å²) >= 11 is 1.37. The molecule has 1 N–H and O–H groups in total. The lowest BCUT2D eigenvalue weighted by atomic mass is 10.2. The fourth-order valence-corrected chi connectivity index (χ4v) is 2.42. The first-order valence-electron chi connectivity index (χ1n) is 5.00. The first-order valence-corrected chi connectivity index (χ1v) is 5.82. The van der Waals surface area contributed by atoms with Gasteiger partial charge in [-0.25, -0.2) is 4.98 Å². The largest absolute Gasteiger partial charge is 0.496 e. The van der Waals surface area contributed by atoms with Gasteiger partial charge >= 0.3 is 5.97 Å². The van der Waals surface area contributed by atoms with Gasteiger partial charge in [0.05, 0.1) is 19.1 Å². The number of benzene rings is 1. The maximum absolute atomic E-state index is 10.6. The van der Waals surface area contributed by atoms with Crippen LogP contribution in [0.15, 0.2) is 30.5 Å². The highest BCUT2D eigenvalue weighted by atomic mass is 32.1. The Labute approximate surface area is 103 Å². The summed E-state index contributed by atoms with van der Waals surface area (Å²) in [7, 11) is 1.60. The van der Waals surface area contributed by atoms with Gasteiger partial charge in [-0.3, -0.25) is 4.79 Å². The van der Waals surface area contributed by atoms with Crippen molar-refractivity contribution in [1.82, 2.24) is 4.98 Å². The molecule has 0 aliphatic heterocycles. The van der Waals surface area contributed by atoms with Gasteiger partial charge < -0.3 is 9.84 Å². The highest BCUT2D eigenvalue weighted by Crippen LogP contribution is 2.32. The molecule has 1 aromatic carbocycles. The van der Waals surface area contributed by atoms with Crippen LogP contribution in [0, 0.1) is 0 Å². The number of carboxylic acids is 1. The zero-order valence-corrected chi connectivity index (χ0v) is 10.0. The fourth-order valence-electron chi connectivity index (χ4n) is 1.48. The zero-order chi connectivity index (χ0) is 12.3. The van der Waals surface area contributed by atoms with Crippen LogP contribution < -0.4 is 4.74 Å². The summed E-state index contributed by atoms with van der Waals surface area (Å²) in [5, 5.41) is 9.48. The molecule has 0 radical (unpaired) electrons. The van der Waals surface area contributed by atoms with E-state index in [-0.39, 0.29) is 6.42 Å². The maximum atomic E-state index is 10.6. The number of rotatable bonds is 4. The number of hydrogen-bond donors (Lipinski definition) is 1. The zero-order valence-electron chi connectivity index (χ0n) is 9.21. The number of hydrogen-bond acceptors (Lipinski definition) is 4. The van der Waals surface area contributed by atoms with Gasteiger partial charge in [-0.2, -0.15) is 0 Å². The molecule has 4 nitrogen and oxygen atoms in total. The predicted octanol–water partition coefficient (Wildman–Crippen LogP) is 2.45. The Morgan fingerprint density at radius 2 is 2.24 bits per heavy atom. The summed E-state index contributed by atoms with van der Waals surface area (Å²) in [5.74, 6) is -0.107. The Morgan fingerprint density at radius 3 is 2.94 bits per heavy atom. The molecule has 0 spiro atoms. The summed E-state index contributed by atoms with van der Waals surface area (Å²) in [6, 6.07) is 7.54. The van der Waals surface area contributed by atoms with Crippen LogP contribution in [0.3, 0.4) is 0 Å². The number of methoxy groups -OCH3 is 1. The molecule has 0 aliphatic carbocycles. The maximum Gasteiger partial charge on any atom is 0.308 e. The second-order valence-electron chi connectivity index (χ2n) is 3.40. The van der Waals surface area contributed by atoms with E-state index in [1.165, 1.54) is 11.3 Å².